The van der Waals surface area contributed by atoms with E-state index in [1.807, 2.05) is 0 Å². The Bertz CT molecular complexity index is 1150. The number of nitrogens with zero attached hydrogens (tertiary/aromatic N) is 3. The maximum atomic E-state index is 13.2. The fraction of sp³-hybridized carbons (Fsp3) is 0.480. The molecule has 8 nitrogen and oxygen atoms in total. The van der Waals surface area contributed by atoms with E-state index in [9.17, 15) is 23.9 Å². The molecule has 9 heteroatoms. The van der Waals surface area contributed by atoms with E-state index >= 15 is 0 Å². The van der Waals surface area contributed by atoms with Crippen molar-refractivity contribution in [2.24, 2.45) is 5.41 Å². The van der Waals surface area contributed by atoms with Gasteiger partial charge in [0.05, 0.1) is 6.54 Å². The number of fused-ring (bicyclic) bond motifs is 2. The van der Waals surface area contributed by atoms with Crippen molar-refractivity contribution in [3.05, 3.63) is 63.3 Å². The molecule has 2 aliphatic heterocycles. The van der Waals surface area contributed by atoms with E-state index in [4.69, 9.17) is 0 Å². The molecule has 3 heterocycles. The summed E-state index contributed by atoms with van der Waals surface area (Å²) in [5.74, 6) is -2.15. The van der Waals surface area contributed by atoms with Crippen LogP contribution in [-0.2, 0) is 13.1 Å². The van der Waals surface area contributed by atoms with Gasteiger partial charge in [-0.3, -0.25) is 19.3 Å². The molecule has 2 aliphatic rings. The third-order valence-corrected chi connectivity index (χ3v) is 6.47. The number of hydrogen-bond acceptors (Lipinski definition) is 5. The molecule has 0 radical (unpaired) electrons. The topological polar surface area (TPSA) is 94.9 Å². The van der Waals surface area contributed by atoms with Crippen LogP contribution < -0.4 is 10.7 Å². The lowest BCUT2D eigenvalue weighted by molar-refractivity contribution is -0.0136. The van der Waals surface area contributed by atoms with E-state index < -0.39 is 23.0 Å². The molecule has 2 N–H and O–H groups in total. The van der Waals surface area contributed by atoms with Gasteiger partial charge in [-0.25, -0.2) is 4.39 Å². The second-order valence-corrected chi connectivity index (χ2v) is 10.2. The Balaban J connectivity index is 1.59. The predicted molar refractivity (Wildman–Crippen MR) is 125 cm³/mol. The third-order valence-electron chi connectivity index (χ3n) is 6.47. The van der Waals surface area contributed by atoms with Crippen molar-refractivity contribution >= 4 is 11.8 Å². The van der Waals surface area contributed by atoms with Gasteiger partial charge in [0.2, 0.25) is 5.43 Å². The van der Waals surface area contributed by atoms with Crippen LogP contribution in [-0.4, -0.2) is 57.1 Å². The summed E-state index contributed by atoms with van der Waals surface area (Å²) in [5.41, 5.74) is -0.371. The fourth-order valence-electron chi connectivity index (χ4n) is 4.50. The molecule has 1 fully saturated rings. The number of rotatable bonds is 5. The molecular formula is C25H31FN4O4. The van der Waals surface area contributed by atoms with Gasteiger partial charge in [-0.15, -0.1) is 0 Å². The van der Waals surface area contributed by atoms with Crippen molar-refractivity contribution in [1.82, 2.24) is 19.7 Å². The zero-order valence-corrected chi connectivity index (χ0v) is 19.8. The number of benzene rings is 1. The van der Waals surface area contributed by atoms with Crippen LogP contribution in [0.2, 0.25) is 0 Å². The van der Waals surface area contributed by atoms with Gasteiger partial charge in [0.25, 0.3) is 11.8 Å². The van der Waals surface area contributed by atoms with E-state index in [2.05, 4.69) is 31.0 Å². The lowest BCUT2D eigenvalue weighted by atomic mass is 9.91. The highest BCUT2D eigenvalue weighted by atomic mass is 19.1. The number of amides is 2. The Morgan fingerprint density at radius 3 is 2.56 bits per heavy atom. The quantitative estimate of drug-likeness (QED) is 0.701. The van der Waals surface area contributed by atoms with Gasteiger partial charge in [-0.1, -0.05) is 32.9 Å². The van der Waals surface area contributed by atoms with Crippen LogP contribution >= 0.6 is 0 Å². The van der Waals surface area contributed by atoms with Gasteiger partial charge in [0, 0.05) is 32.4 Å². The van der Waals surface area contributed by atoms with E-state index in [1.54, 1.807) is 4.90 Å². The molecule has 2 amide bonds. The summed E-state index contributed by atoms with van der Waals surface area (Å²) < 4.78 is 14.6. The maximum Gasteiger partial charge on any atom is 0.275 e. The minimum atomic E-state index is -0.878. The van der Waals surface area contributed by atoms with Gasteiger partial charge in [0.1, 0.15) is 17.5 Å². The largest absolute Gasteiger partial charge is 0.503 e. The van der Waals surface area contributed by atoms with Crippen LogP contribution in [0.3, 0.4) is 0 Å². The number of carbonyl (C=O) groups is 2. The summed E-state index contributed by atoms with van der Waals surface area (Å²) in [5, 5.41) is 13.2. The number of halogens is 1. The van der Waals surface area contributed by atoms with E-state index in [1.165, 1.54) is 35.0 Å². The second kappa shape index (κ2) is 9.21. The Kier molecular flexibility index (Phi) is 6.49. The number of aromatic hydroxyl groups is 1. The highest BCUT2D eigenvalue weighted by molar-refractivity contribution is 5.99. The second-order valence-electron chi connectivity index (χ2n) is 10.2. The molecule has 1 unspecified atom stereocenters. The molecular weight excluding hydrogens is 439 g/mol. The van der Waals surface area contributed by atoms with Crippen molar-refractivity contribution in [1.29, 1.82) is 0 Å². The van der Waals surface area contributed by atoms with Crippen molar-refractivity contribution in [2.75, 3.05) is 19.6 Å². The Morgan fingerprint density at radius 2 is 1.88 bits per heavy atom. The third kappa shape index (κ3) is 4.84. The number of carbonyl (C=O) groups excluding carboxylic acids is 2. The van der Waals surface area contributed by atoms with Crippen molar-refractivity contribution in [3.63, 3.8) is 0 Å². The predicted octanol–water partition coefficient (Wildman–Crippen LogP) is 2.55. The zero-order valence-electron chi connectivity index (χ0n) is 19.8. The highest BCUT2D eigenvalue weighted by Crippen LogP contribution is 2.29. The molecule has 1 aromatic heterocycles. The smallest absolute Gasteiger partial charge is 0.275 e. The Labute approximate surface area is 198 Å². The van der Waals surface area contributed by atoms with Gasteiger partial charge < -0.3 is 19.9 Å². The summed E-state index contributed by atoms with van der Waals surface area (Å²) in [4.78, 5) is 42.8. The van der Waals surface area contributed by atoms with Crippen LogP contribution in [0.15, 0.2) is 35.3 Å². The van der Waals surface area contributed by atoms with Crippen molar-refractivity contribution in [2.45, 2.75) is 52.9 Å². The Morgan fingerprint density at radius 1 is 1.18 bits per heavy atom. The normalized spacial score (nSPS) is 18.4. The molecule has 0 saturated carbocycles. The highest BCUT2D eigenvalue weighted by Gasteiger charge is 2.40. The standard InChI is InChI=1S/C25H31FN4O4/c1-25(2,3)9-12-28-10-4-11-30-19(28)15-29-14-18(21(31)22(32)20(29)24(30)34)23(33)27-13-16-5-7-17(26)8-6-16/h5-8,14,19,32H,4,9-13,15H2,1-3H3,(H,27,33). The van der Waals surface area contributed by atoms with Gasteiger partial charge in [0.15, 0.2) is 11.4 Å². The number of aromatic nitrogens is 1. The molecule has 182 valence electrons. The lowest BCUT2D eigenvalue weighted by Crippen LogP contribution is -2.61. The number of pyridine rings is 1. The first-order chi connectivity index (χ1) is 16.0. The lowest BCUT2D eigenvalue weighted by Gasteiger charge is -2.47. The fourth-order valence-corrected chi connectivity index (χ4v) is 4.50. The molecule has 0 bridgehead atoms. The molecule has 0 aliphatic carbocycles. The molecule has 0 spiro atoms. The first kappa shape index (κ1) is 23.9. The summed E-state index contributed by atoms with van der Waals surface area (Å²) in [6.07, 6.45) is 2.95. The van der Waals surface area contributed by atoms with Crippen LogP contribution in [0.25, 0.3) is 0 Å². The minimum Gasteiger partial charge on any atom is -0.503 e. The average molecular weight is 471 g/mol. The molecule has 1 atom stereocenters. The average Bonchev–Trinajstić information content (AvgIpc) is 2.79. The molecule has 4 rings (SSSR count). The molecule has 1 aromatic carbocycles. The monoisotopic (exact) mass is 470 g/mol. The summed E-state index contributed by atoms with van der Waals surface area (Å²) >= 11 is 0. The summed E-state index contributed by atoms with van der Waals surface area (Å²) in [6, 6.07) is 5.65. The van der Waals surface area contributed by atoms with Gasteiger partial charge >= 0.3 is 0 Å². The first-order valence-corrected chi connectivity index (χ1v) is 11.6. The molecule has 1 saturated heterocycles. The number of nitrogens with one attached hydrogen (secondary N) is 1. The van der Waals surface area contributed by atoms with E-state index in [-0.39, 0.29) is 35.2 Å². The Hall–Kier alpha value is -3.20. The molecule has 34 heavy (non-hydrogen) atoms. The van der Waals surface area contributed by atoms with Gasteiger partial charge in [-0.05, 0) is 36.0 Å². The van der Waals surface area contributed by atoms with Gasteiger partial charge in [-0.2, -0.15) is 0 Å². The van der Waals surface area contributed by atoms with E-state index in [0.717, 1.165) is 25.9 Å². The van der Waals surface area contributed by atoms with Crippen molar-refractivity contribution < 1.29 is 19.1 Å². The van der Waals surface area contributed by atoms with Crippen LogP contribution in [0.1, 0.15) is 60.0 Å². The van der Waals surface area contributed by atoms with Crippen LogP contribution in [0.5, 0.6) is 5.75 Å². The SMILES string of the molecule is CC(C)(C)CCN1CCCN2C(=O)c3c(O)c(=O)c(C(=O)NCc4ccc(F)cc4)cn3CC12. The summed E-state index contributed by atoms with van der Waals surface area (Å²) in [6.45, 7) is 9.22. The number of hydrogen-bond donors (Lipinski definition) is 2. The first-order valence-electron chi connectivity index (χ1n) is 11.6. The van der Waals surface area contributed by atoms with Crippen molar-refractivity contribution in [3.8, 4) is 5.75 Å². The van der Waals surface area contributed by atoms with Crippen LogP contribution in [0, 0.1) is 11.2 Å². The molecule has 2 aromatic rings. The zero-order chi connectivity index (χ0) is 24.6. The maximum absolute atomic E-state index is 13.2. The minimum absolute atomic E-state index is 0.0750. The summed E-state index contributed by atoms with van der Waals surface area (Å²) in [7, 11) is 0. The van der Waals surface area contributed by atoms with E-state index in [0.29, 0.717) is 18.7 Å². The van der Waals surface area contributed by atoms with Crippen LogP contribution in [0.4, 0.5) is 4.39 Å².